The fourth-order valence-electron chi connectivity index (χ4n) is 9.76. The van der Waals surface area contributed by atoms with E-state index in [0.29, 0.717) is 47.7 Å². The third kappa shape index (κ3) is 3.74. The molecule has 6 heteroatoms. The van der Waals surface area contributed by atoms with Crippen molar-refractivity contribution in [3.63, 3.8) is 0 Å². The Morgan fingerprint density at radius 1 is 1.21 bits per heavy atom. The first kappa shape index (κ1) is 24.3. The highest BCUT2D eigenvalue weighted by atomic mass is 16.5. The zero-order chi connectivity index (χ0) is 24.3. The summed E-state index contributed by atoms with van der Waals surface area (Å²) >= 11 is 0. The van der Waals surface area contributed by atoms with E-state index in [1.54, 1.807) is 13.3 Å². The number of aliphatic hydroxyl groups is 2. The van der Waals surface area contributed by atoms with Crippen molar-refractivity contribution < 1.29 is 14.9 Å². The van der Waals surface area contributed by atoms with E-state index in [1.807, 2.05) is 10.9 Å². The summed E-state index contributed by atoms with van der Waals surface area (Å²) in [5.41, 5.74) is 0.176. The predicted octanol–water partition coefficient (Wildman–Crippen LogP) is 4.40. The molecule has 4 fully saturated rings. The average Bonchev–Trinajstić information content (AvgIpc) is 3.37. The summed E-state index contributed by atoms with van der Waals surface area (Å²) in [5, 5.41) is 36.4. The highest BCUT2D eigenvalue weighted by Gasteiger charge is 2.64. The molecular formula is C28H43N3O3. The number of rotatable bonds is 5. The molecule has 10 atom stereocenters. The minimum absolute atomic E-state index is 0.107. The van der Waals surface area contributed by atoms with E-state index in [0.717, 1.165) is 38.6 Å². The lowest BCUT2D eigenvalue weighted by Gasteiger charge is -2.63. The molecule has 188 valence electrons. The van der Waals surface area contributed by atoms with Crippen molar-refractivity contribution in [1.29, 1.82) is 5.26 Å². The maximum absolute atomic E-state index is 11.7. The summed E-state index contributed by atoms with van der Waals surface area (Å²) in [6, 6.07) is 2.18. The van der Waals surface area contributed by atoms with E-state index in [9.17, 15) is 10.2 Å². The van der Waals surface area contributed by atoms with Crippen molar-refractivity contribution in [2.45, 2.75) is 90.4 Å². The molecule has 5 rings (SSSR count). The van der Waals surface area contributed by atoms with Crippen LogP contribution in [0.3, 0.4) is 0 Å². The van der Waals surface area contributed by atoms with Gasteiger partial charge in [-0.25, -0.2) is 0 Å². The van der Waals surface area contributed by atoms with Gasteiger partial charge in [0, 0.05) is 19.9 Å². The number of methoxy groups -OCH3 is 1. The van der Waals surface area contributed by atoms with Crippen LogP contribution in [0.2, 0.25) is 0 Å². The van der Waals surface area contributed by atoms with Crippen molar-refractivity contribution >= 4 is 0 Å². The maximum Gasteiger partial charge on any atom is 0.102 e. The van der Waals surface area contributed by atoms with Crippen LogP contribution >= 0.6 is 0 Å². The zero-order valence-electron chi connectivity index (χ0n) is 21.4. The smallest absolute Gasteiger partial charge is 0.102 e. The number of fused-ring (bicyclic) bond motifs is 5. The molecule has 1 aromatic rings. The molecule has 4 aliphatic rings. The van der Waals surface area contributed by atoms with Crippen LogP contribution in [0.1, 0.15) is 77.7 Å². The van der Waals surface area contributed by atoms with Gasteiger partial charge in [0.2, 0.25) is 0 Å². The Labute approximate surface area is 204 Å². The lowest BCUT2D eigenvalue weighted by Crippen LogP contribution is -2.61. The van der Waals surface area contributed by atoms with E-state index >= 15 is 0 Å². The minimum Gasteiger partial charge on any atom is -0.393 e. The Bertz CT molecular complexity index is 942. The Balaban J connectivity index is 1.35. The number of ether oxygens (including phenoxy) is 1. The summed E-state index contributed by atoms with van der Waals surface area (Å²) < 4.78 is 7.29. The molecule has 0 unspecified atom stereocenters. The van der Waals surface area contributed by atoms with Crippen molar-refractivity contribution in [2.24, 2.45) is 46.3 Å². The Hall–Kier alpha value is -1.42. The summed E-state index contributed by atoms with van der Waals surface area (Å²) in [5.74, 6) is 3.07. The van der Waals surface area contributed by atoms with Gasteiger partial charge >= 0.3 is 0 Å². The predicted molar refractivity (Wildman–Crippen MR) is 130 cm³/mol. The highest BCUT2D eigenvalue weighted by Crippen LogP contribution is 2.68. The molecule has 0 aromatic carbocycles. The normalized spacial score (nSPS) is 46.7. The van der Waals surface area contributed by atoms with Crippen LogP contribution in [0.4, 0.5) is 0 Å². The highest BCUT2D eigenvalue weighted by molar-refractivity contribution is 5.21. The standard InChI is InChI=1S/C28H43N3O3/c1-18(15-31-16-19(13-29)14-30-31)22-7-8-23-21-6-5-20-11-28(33,17-34-4)10-9-26(20,2)25(21)24(32)12-27(22,23)3/h14,16,18,20-25,32-33H,5-12,15,17H2,1-4H3/t18-,20-,21+,22-,23+,24-,25-,26+,27-,28-/m1/s1. The van der Waals surface area contributed by atoms with Crippen molar-refractivity contribution in [3.8, 4) is 6.07 Å². The van der Waals surface area contributed by atoms with Gasteiger partial charge in [0.15, 0.2) is 0 Å². The molecule has 0 aliphatic heterocycles. The molecule has 0 saturated heterocycles. The van der Waals surface area contributed by atoms with Crippen molar-refractivity contribution in [1.82, 2.24) is 9.78 Å². The van der Waals surface area contributed by atoms with Crippen LogP contribution in [0.25, 0.3) is 0 Å². The summed E-state index contributed by atoms with van der Waals surface area (Å²) in [4.78, 5) is 0. The van der Waals surface area contributed by atoms with Crippen LogP contribution in [-0.2, 0) is 11.3 Å². The quantitative estimate of drug-likeness (QED) is 0.667. The Morgan fingerprint density at radius 3 is 2.71 bits per heavy atom. The number of hydrogen-bond acceptors (Lipinski definition) is 5. The van der Waals surface area contributed by atoms with E-state index in [4.69, 9.17) is 10.00 Å². The second kappa shape index (κ2) is 8.61. The van der Waals surface area contributed by atoms with Gasteiger partial charge in [-0.3, -0.25) is 4.68 Å². The van der Waals surface area contributed by atoms with Crippen LogP contribution in [-0.4, -0.2) is 45.4 Å². The van der Waals surface area contributed by atoms with Gasteiger partial charge in [0.25, 0.3) is 0 Å². The third-order valence-electron chi connectivity index (χ3n) is 11.2. The van der Waals surface area contributed by atoms with Gasteiger partial charge in [-0.2, -0.15) is 10.4 Å². The molecule has 0 amide bonds. The number of aromatic nitrogens is 2. The SMILES string of the molecule is COC[C@@]1(O)CC[C@@]2(C)[C@H](CC[C@@H]3[C@@H]2[C@H](O)C[C@]2(C)[C@@H]([C@H](C)Cn4cc(C#N)cn4)CC[C@@H]32)C1. The van der Waals surface area contributed by atoms with Crippen molar-refractivity contribution in [2.75, 3.05) is 13.7 Å². The molecule has 0 bridgehead atoms. The fourth-order valence-corrected chi connectivity index (χ4v) is 9.76. The van der Waals surface area contributed by atoms with E-state index in [-0.39, 0.29) is 16.9 Å². The average molecular weight is 470 g/mol. The van der Waals surface area contributed by atoms with Gasteiger partial charge < -0.3 is 14.9 Å². The first-order chi connectivity index (χ1) is 16.1. The Morgan fingerprint density at radius 2 is 2.00 bits per heavy atom. The number of hydrogen-bond donors (Lipinski definition) is 2. The zero-order valence-corrected chi connectivity index (χ0v) is 21.4. The van der Waals surface area contributed by atoms with Gasteiger partial charge in [-0.05, 0) is 97.7 Å². The molecule has 4 saturated carbocycles. The number of aliphatic hydroxyl groups excluding tert-OH is 1. The summed E-state index contributed by atoms with van der Waals surface area (Å²) in [6.45, 7) is 8.47. The van der Waals surface area contributed by atoms with E-state index in [2.05, 4.69) is 31.9 Å². The lowest BCUT2D eigenvalue weighted by molar-refractivity contribution is -0.198. The number of nitrogens with zero attached hydrogens (tertiary/aromatic N) is 3. The topological polar surface area (TPSA) is 91.3 Å². The summed E-state index contributed by atoms with van der Waals surface area (Å²) in [7, 11) is 1.68. The van der Waals surface area contributed by atoms with Crippen LogP contribution in [0.15, 0.2) is 12.4 Å². The molecular weight excluding hydrogens is 426 g/mol. The number of nitriles is 1. The second-order valence-electron chi connectivity index (χ2n) is 12.9. The second-order valence-corrected chi connectivity index (χ2v) is 12.9. The lowest BCUT2D eigenvalue weighted by atomic mass is 9.43. The molecule has 34 heavy (non-hydrogen) atoms. The molecule has 1 aromatic heterocycles. The largest absolute Gasteiger partial charge is 0.393 e. The van der Waals surface area contributed by atoms with Gasteiger partial charge in [-0.1, -0.05) is 20.8 Å². The Kier molecular flexibility index (Phi) is 6.15. The summed E-state index contributed by atoms with van der Waals surface area (Å²) in [6.07, 6.45) is 11.5. The molecule has 2 N–H and O–H groups in total. The van der Waals surface area contributed by atoms with Gasteiger partial charge in [0.1, 0.15) is 6.07 Å². The maximum atomic E-state index is 11.7. The molecule has 6 nitrogen and oxygen atoms in total. The first-order valence-electron chi connectivity index (χ1n) is 13.5. The van der Waals surface area contributed by atoms with Crippen LogP contribution < -0.4 is 0 Å². The fraction of sp³-hybridized carbons (Fsp3) is 0.857. The minimum atomic E-state index is -0.703. The van der Waals surface area contributed by atoms with Gasteiger partial charge in [-0.15, -0.1) is 0 Å². The first-order valence-corrected chi connectivity index (χ1v) is 13.5. The van der Waals surface area contributed by atoms with E-state index in [1.165, 1.54) is 19.3 Å². The monoisotopic (exact) mass is 469 g/mol. The van der Waals surface area contributed by atoms with Crippen LogP contribution in [0.5, 0.6) is 0 Å². The molecule has 4 aliphatic carbocycles. The van der Waals surface area contributed by atoms with Crippen molar-refractivity contribution in [3.05, 3.63) is 18.0 Å². The molecule has 0 spiro atoms. The molecule has 0 radical (unpaired) electrons. The van der Waals surface area contributed by atoms with E-state index < -0.39 is 5.60 Å². The van der Waals surface area contributed by atoms with Gasteiger partial charge in [0.05, 0.1) is 30.1 Å². The third-order valence-corrected chi connectivity index (χ3v) is 11.2. The molecule has 1 heterocycles. The van der Waals surface area contributed by atoms with Crippen LogP contribution in [0, 0.1) is 57.7 Å².